The molecule has 1 nitrogen and oxygen atoms in total. The molecular formula is C13H14ClNS. The van der Waals surface area contributed by atoms with E-state index in [0.717, 1.165) is 16.1 Å². The van der Waals surface area contributed by atoms with Crippen molar-refractivity contribution in [1.29, 1.82) is 0 Å². The van der Waals surface area contributed by atoms with Crippen molar-refractivity contribution < 1.29 is 0 Å². The summed E-state index contributed by atoms with van der Waals surface area (Å²) < 4.78 is 0. The maximum absolute atomic E-state index is 6.43. The predicted octanol–water partition coefficient (Wildman–Crippen LogP) is 3.93. The van der Waals surface area contributed by atoms with Crippen LogP contribution >= 0.6 is 22.9 Å². The van der Waals surface area contributed by atoms with Gasteiger partial charge in [-0.05, 0) is 42.5 Å². The summed E-state index contributed by atoms with van der Waals surface area (Å²) in [5.74, 6) is 0. The van der Waals surface area contributed by atoms with Gasteiger partial charge in [0.05, 0.1) is 5.54 Å². The molecule has 84 valence electrons. The van der Waals surface area contributed by atoms with Gasteiger partial charge in [0.25, 0.3) is 0 Å². The largest absolute Gasteiger partial charge is 0.318 e. The highest BCUT2D eigenvalue weighted by atomic mass is 35.5. The average molecular weight is 252 g/mol. The van der Waals surface area contributed by atoms with Crippen molar-refractivity contribution in [2.75, 3.05) is 0 Å². The van der Waals surface area contributed by atoms with E-state index in [1.54, 1.807) is 11.3 Å². The van der Waals surface area contributed by atoms with Crippen LogP contribution in [-0.2, 0) is 5.54 Å². The molecule has 0 radical (unpaired) electrons. The Balaban J connectivity index is 2.55. The number of hydrogen-bond acceptors (Lipinski definition) is 2. The van der Waals surface area contributed by atoms with E-state index in [1.165, 1.54) is 4.88 Å². The number of rotatable bonds is 2. The first kappa shape index (κ1) is 11.6. The van der Waals surface area contributed by atoms with E-state index in [4.69, 9.17) is 17.3 Å². The highest BCUT2D eigenvalue weighted by molar-refractivity contribution is 7.10. The second kappa shape index (κ2) is 4.21. The number of halogens is 1. The first-order valence-corrected chi connectivity index (χ1v) is 6.37. The molecule has 0 aliphatic carbocycles. The second-order valence-corrected chi connectivity index (χ2v) is 5.60. The molecule has 1 aromatic heterocycles. The average Bonchev–Trinajstić information content (AvgIpc) is 2.65. The Labute approximate surface area is 105 Å². The standard InChI is InChI=1S/C13H14ClNS/c1-9-10(7-8-16-9)13(2,15)11-5-3-4-6-12(11)14/h3-8H,15H2,1-2H3. The molecule has 1 aromatic carbocycles. The fraction of sp³-hybridized carbons (Fsp3) is 0.231. The molecule has 1 unspecified atom stereocenters. The van der Waals surface area contributed by atoms with Crippen LogP contribution in [0, 0.1) is 6.92 Å². The molecule has 0 fully saturated rings. The van der Waals surface area contributed by atoms with Crippen molar-refractivity contribution >= 4 is 22.9 Å². The zero-order valence-electron chi connectivity index (χ0n) is 9.33. The lowest BCUT2D eigenvalue weighted by atomic mass is 9.86. The van der Waals surface area contributed by atoms with Gasteiger partial charge in [0.1, 0.15) is 0 Å². The molecule has 2 N–H and O–H groups in total. The zero-order chi connectivity index (χ0) is 11.8. The highest BCUT2D eigenvalue weighted by Gasteiger charge is 2.27. The third-order valence-corrected chi connectivity index (χ3v) is 4.03. The summed E-state index contributed by atoms with van der Waals surface area (Å²) in [6, 6.07) is 9.82. The molecule has 1 atom stereocenters. The van der Waals surface area contributed by atoms with Crippen LogP contribution in [0.15, 0.2) is 35.7 Å². The fourth-order valence-corrected chi connectivity index (χ4v) is 3.10. The molecule has 0 amide bonds. The number of hydrogen-bond donors (Lipinski definition) is 1. The van der Waals surface area contributed by atoms with E-state index in [1.807, 2.05) is 31.2 Å². The fourth-order valence-electron chi connectivity index (χ4n) is 1.95. The van der Waals surface area contributed by atoms with E-state index in [0.29, 0.717) is 0 Å². The summed E-state index contributed by atoms with van der Waals surface area (Å²) in [6.07, 6.45) is 0. The third kappa shape index (κ3) is 1.88. The Bertz CT molecular complexity index is 502. The minimum absolute atomic E-state index is 0.525. The molecule has 16 heavy (non-hydrogen) atoms. The van der Waals surface area contributed by atoms with E-state index in [2.05, 4.69) is 18.4 Å². The quantitative estimate of drug-likeness (QED) is 0.860. The van der Waals surface area contributed by atoms with Gasteiger partial charge in [-0.25, -0.2) is 0 Å². The molecule has 1 heterocycles. The summed E-state index contributed by atoms with van der Waals surface area (Å²) >= 11 is 7.91. The van der Waals surface area contributed by atoms with E-state index < -0.39 is 5.54 Å². The lowest BCUT2D eigenvalue weighted by molar-refractivity contribution is 0.602. The van der Waals surface area contributed by atoms with Crippen LogP contribution in [0.25, 0.3) is 0 Å². The van der Waals surface area contributed by atoms with Crippen LogP contribution in [0.2, 0.25) is 5.02 Å². The van der Waals surface area contributed by atoms with Crippen molar-refractivity contribution in [3.63, 3.8) is 0 Å². The van der Waals surface area contributed by atoms with Gasteiger partial charge in [0, 0.05) is 9.90 Å². The molecule has 2 aromatic rings. The zero-order valence-corrected chi connectivity index (χ0v) is 10.9. The van der Waals surface area contributed by atoms with Crippen LogP contribution in [0.1, 0.15) is 22.9 Å². The maximum Gasteiger partial charge on any atom is 0.0662 e. The smallest absolute Gasteiger partial charge is 0.0662 e. The maximum atomic E-state index is 6.43. The molecule has 3 heteroatoms. The van der Waals surface area contributed by atoms with Crippen LogP contribution in [-0.4, -0.2) is 0 Å². The Morgan fingerprint density at radius 3 is 2.44 bits per heavy atom. The van der Waals surface area contributed by atoms with Gasteiger partial charge in [0.15, 0.2) is 0 Å². The Morgan fingerprint density at radius 1 is 1.19 bits per heavy atom. The Morgan fingerprint density at radius 2 is 1.88 bits per heavy atom. The van der Waals surface area contributed by atoms with Gasteiger partial charge in [-0.3, -0.25) is 0 Å². The van der Waals surface area contributed by atoms with Crippen molar-refractivity contribution in [3.8, 4) is 0 Å². The van der Waals surface area contributed by atoms with Gasteiger partial charge in [-0.15, -0.1) is 11.3 Å². The van der Waals surface area contributed by atoms with E-state index in [-0.39, 0.29) is 0 Å². The molecular weight excluding hydrogens is 238 g/mol. The number of aryl methyl sites for hydroxylation is 1. The predicted molar refractivity (Wildman–Crippen MR) is 71.1 cm³/mol. The van der Waals surface area contributed by atoms with Gasteiger partial charge in [-0.1, -0.05) is 29.8 Å². The Hall–Kier alpha value is -0.830. The van der Waals surface area contributed by atoms with Crippen molar-refractivity contribution in [2.45, 2.75) is 19.4 Å². The minimum Gasteiger partial charge on any atom is -0.318 e. The monoisotopic (exact) mass is 251 g/mol. The molecule has 0 bridgehead atoms. The number of benzene rings is 1. The lowest BCUT2D eigenvalue weighted by Crippen LogP contribution is -2.34. The molecule has 2 rings (SSSR count). The summed E-state index contributed by atoms with van der Waals surface area (Å²) in [6.45, 7) is 4.09. The number of thiophene rings is 1. The molecule has 0 aliphatic heterocycles. The SMILES string of the molecule is Cc1sccc1C(C)(N)c1ccccc1Cl. The lowest BCUT2D eigenvalue weighted by Gasteiger charge is -2.26. The van der Waals surface area contributed by atoms with Crippen LogP contribution in [0.5, 0.6) is 0 Å². The first-order chi connectivity index (χ1) is 7.53. The van der Waals surface area contributed by atoms with Crippen molar-refractivity contribution in [2.24, 2.45) is 5.73 Å². The summed E-state index contributed by atoms with van der Waals surface area (Å²) in [5.41, 5.74) is 8.02. The first-order valence-electron chi connectivity index (χ1n) is 5.12. The topological polar surface area (TPSA) is 26.0 Å². The van der Waals surface area contributed by atoms with Gasteiger partial charge in [0.2, 0.25) is 0 Å². The molecule has 0 saturated carbocycles. The van der Waals surface area contributed by atoms with E-state index in [9.17, 15) is 0 Å². The van der Waals surface area contributed by atoms with Crippen molar-refractivity contribution in [3.05, 3.63) is 56.7 Å². The molecule has 0 spiro atoms. The summed E-state index contributed by atoms with van der Waals surface area (Å²) in [4.78, 5) is 1.24. The minimum atomic E-state index is -0.525. The van der Waals surface area contributed by atoms with Crippen molar-refractivity contribution in [1.82, 2.24) is 0 Å². The third-order valence-electron chi connectivity index (χ3n) is 2.85. The van der Waals surface area contributed by atoms with Gasteiger partial charge >= 0.3 is 0 Å². The van der Waals surface area contributed by atoms with Gasteiger partial charge in [-0.2, -0.15) is 0 Å². The Kier molecular flexibility index (Phi) is 3.06. The molecule has 0 aliphatic rings. The normalized spacial score (nSPS) is 14.8. The van der Waals surface area contributed by atoms with Crippen LogP contribution in [0.4, 0.5) is 0 Å². The van der Waals surface area contributed by atoms with E-state index >= 15 is 0 Å². The second-order valence-electron chi connectivity index (χ2n) is 4.07. The van der Waals surface area contributed by atoms with Crippen LogP contribution < -0.4 is 5.73 Å². The molecule has 0 saturated heterocycles. The number of nitrogens with two attached hydrogens (primary N) is 1. The summed E-state index contributed by atoms with van der Waals surface area (Å²) in [5, 5.41) is 2.78. The van der Waals surface area contributed by atoms with Gasteiger partial charge < -0.3 is 5.73 Å². The summed E-state index contributed by atoms with van der Waals surface area (Å²) in [7, 11) is 0. The highest BCUT2D eigenvalue weighted by Crippen LogP contribution is 2.34. The van der Waals surface area contributed by atoms with Crippen LogP contribution in [0.3, 0.4) is 0 Å².